The molecule has 0 aromatic carbocycles. The van der Waals surface area contributed by atoms with E-state index in [-0.39, 0.29) is 6.61 Å². The lowest BCUT2D eigenvalue weighted by atomic mass is 10.1. The smallest absolute Gasteiger partial charge is 0.394 e. The molecule has 7 heteroatoms. The number of rotatable bonds is 6. The molecule has 1 unspecified atom stereocenters. The first kappa shape index (κ1) is 17.2. The highest BCUT2D eigenvalue weighted by Crippen LogP contribution is 2.04. The largest absolute Gasteiger partial charge is 0.394 e. The van der Waals surface area contributed by atoms with E-state index in [4.69, 9.17) is 27.7 Å². The maximum absolute atomic E-state index is 8.91. The van der Waals surface area contributed by atoms with Crippen molar-refractivity contribution in [1.82, 2.24) is 0 Å². The Morgan fingerprint density at radius 2 is 1.60 bits per heavy atom. The van der Waals surface area contributed by atoms with E-state index in [0.29, 0.717) is 0 Å². The fourth-order valence-electron chi connectivity index (χ4n) is 0.898. The number of aliphatic hydroxyl groups is 2. The second-order valence-electron chi connectivity index (χ2n) is 3.13. The average Bonchev–Trinajstić information content (AvgIpc) is 2.09. The van der Waals surface area contributed by atoms with Gasteiger partial charge in [0.25, 0.3) is 0 Å². The summed E-state index contributed by atoms with van der Waals surface area (Å²) in [5.41, 5.74) is 0. The van der Waals surface area contributed by atoms with Crippen LogP contribution in [0.25, 0.3) is 0 Å². The standard InChI is InChI=1S/C8H18O2.H2O4S/c1-2-3-4-5-6-8(10)7-9;1-5(2,3)4/h8-10H,2-7H2,1H3;(H2,1,2,3,4). The van der Waals surface area contributed by atoms with Crippen molar-refractivity contribution in [2.24, 2.45) is 0 Å². The average molecular weight is 244 g/mol. The van der Waals surface area contributed by atoms with Crippen LogP contribution in [-0.2, 0) is 10.4 Å². The third-order valence-corrected chi connectivity index (χ3v) is 1.60. The Hall–Kier alpha value is -0.210. The summed E-state index contributed by atoms with van der Waals surface area (Å²) in [5.74, 6) is 0. The van der Waals surface area contributed by atoms with Crippen LogP contribution < -0.4 is 0 Å². The molecule has 0 aliphatic heterocycles. The van der Waals surface area contributed by atoms with Gasteiger partial charge in [-0.05, 0) is 6.42 Å². The van der Waals surface area contributed by atoms with Gasteiger partial charge in [-0.2, -0.15) is 8.42 Å². The zero-order valence-electron chi connectivity index (χ0n) is 8.83. The molecule has 0 aliphatic carbocycles. The fourth-order valence-corrected chi connectivity index (χ4v) is 0.898. The van der Waals surface area contributed by atoms with Crippen LogP contribution in [0.15, 0.2) is 0 Å². The van der Waals surface area contributed by atoms with Gasteiger partial charge in [-0.15, -0.1) is 0 Å². The number of hydrogen-bond acceptors (Lipinski definition) is 4. The second-order valence-corrected chi connectivity index (χ2v) is 4.03. The molecule has 0 radical (unpaired) electrons. The van der Waals surface area contributed by atoms with Gasteiger partial charge in [-0.1, -0.05) is 32.6 Å². The Kier molecular flexibility index (Phi) is 11.8. The first-order valence-corrected chi connectivity index (χ1v) is 6.19. The van der Waals surface area contributed by atoms with Crippen molar-refractivity contribution in [2.45, 2.75) is 45.1 Å². The summed E-state index contributed by atoms with van der Waals surface area (Å²) in [6.07, 6.45) is 4.92. The van der Waals surface area contributed by atoms with Crippen molar-refractivity contribution >= 4 is 10.4 Å². The molecule has 0 aromatic heterocycles. The fraction of sp³-hybridized carbons (Fsp3) is 1.00. The van der Waals surface area contributed by atoms with E-state index in [0.717, 1.165) is 12.8 Å². The van der Waals surface area contributed by atoms with Gasteiger partial charge in [0, 0.05) is 0 Å². The van der Waals surface area contributed by atoms with Gasteiger partial charge in [0.1, 0.15) is 0 Å². The van der Waals surface area contributed by atoms with Crippen molar-refractivity contribution < 1.29 is 27.7 Å². The molecule has 0 fully saturated rings. The van der Waals surface area contributed by atoms with Gasteiger partial charge in [0.15, 0.2) is 0 Å². The summed E-state index contributed by atoms with van der Waals surface area (Å²) < 4.78 is 31.6. The van der Waals surface area contributed by atoms with Gasteiger partial charge >= 0.3 is 10.4 Å². The van der Waals surface area contributed by atoms with Crippen LogP contribution in [0.1, 0.15) is 39.0 Å². The van der Waals surface area contributed by atoms with Crippen molar-refractivity contribution in [2.75, 3.05) is 6.61 Å². The third-order valence-electron chi connectivity index (χ3n) is 1.60. The molecular weight excluding hydrogens is 224 g/mol. The monoisotopic (exact) mass is 244 g/mol. The molecule has 0 rings (SSSR count). The summed E-state index contributed by atoms with van der Waals surface area (Å²) >= 11 is 0. The number of aliphatic hydroxyl groups excluding tert-OH is 2. The first-order valence-electron chi connectivity index (χ1n) is 4.80. The molecule has 0 amide bonds. The minimum absolute atomic E-state index is 0.0911. The molecule has 0 saturated heterocycles. The highest BCUT2D eigenvalue weighted by molar-refractivity contribution is 7.79. The zero-order valence-corrected chi connectivity index (χ0v) is 9.65. The van der Waals surface area contributed by atoms with Crippen LogP contribution in [0.3, 0.4) is 0 Å². The summed E-state index contributed by atoms with van der Waals surface area (Å²) in [7, 11) is -4.67. The quantitative estimate of drug-likeness (QED) is 0.403. The Balaban J connectivity index is 0. The van der Waals surface area contributed by atoms with Crippen LogP contribution in [0, 0.1) is 0 Å². The summed E-state index contributed by atoms with van der Waals surface area (Å²) in [4.78, 5) is 0. The molecule has 0 aliphatic rings. The Bertz CT molecular complexity index is 205. The van der Waals surface area contributed by atoms with Crippen molar-refractivity contribution in [3.63, 3.8) is 0 Å². The first-order chi connectivity index (χ1) is 6.81. The van der Waals surface area contributed by atoms with Crippen LogP contribution in [0.5, 0.6) is 0 Å². The maximum Gasteiger partial charge on any atom is 0.394 e. The minimum Gasteiger partial charge on any atom is -0.394 e. The topological polar surface area (TPSA) is 115 Å². The van der Waals surface area contributed by atoms with Gasteiger partial charge < -0.3 is 10.2 Å². The maximum atomic E-state index is 8.91. The zero-order chi connectivity index (χ0) is 12.3. The van der Waals surface area contributed by atoms with Crippen LogP contribution in [0.2, 0.25) is 0 Å². The predicted octanol–water partition coefficient (Wildman–Crippen LogP) is 0.657. The summed E-state index contributed by atoms with van der Waals surface area (Å²) in [6.45, 7) is 2.06. The normalized spacial score (nSPS) is 12.9. The highest BCUT2D eigenvalue weighted by atomic mass is 32.3. The van der Waals surface area contributed by atoms with E-state index in [2.05, 4.69) is 6.92 Å². The molecule has 0 bridgehead atoms. The molecule has 0 saturated carbocycles. The van der Waals surface area contributed by atoms with Crippen LogP contribution >= 0.6 is 0 Å². The third kappa shape index (κ3) is 31.6. The van der Waals surface area contributed by atoms with Crippen molar-refractivity contribution in [1.29, 1.82) is 0 Å². The lowest BCUT2D eigenvalue weighted by molar-refractivity contribution is 0.0860. The van der Waals surface area contributed by atoms with Crippen molar-refractivity contribution in [3.05, 3.63) is 0 Å². The Morgan fingerprint density at radius 1 is 1.13 bits per heavy atom. The molecule has 94 valence electrons. The van der Waals surface area contributed by atoms with E-state index in [9.17, 15) is 0 Å². The molecule has 1 atom stereocenters. The van der Waals surface area contributed by atoms with Gasteiger partial charge in [0.05, 0.1) is 12.7 Å². The van der Waals surface area contributed by atoms with E-state index >= 15 is 0 Å². The van der Waals surface area contributed by atoms with E-state index in [1.165, 1.54) is 19.3 Å². The summed E-state index contributed by atoms with van der Waals surface area (Å²) in [5, 5.41) is 17.3. The lowest BCUT2D eigenvalue weighted by Crippen LogP contribution is -2.10. The number of unbranched alkanes of at least 4 members (excludes halogenated alkanes) is 3. The number of hydrogen-bond donors (Lipinski definition) is 4. The van der Waals surface area contributed by atoms with Gasteiger partial charge in [-0.25, -0.2) is 0 Å². The van der Waals surface area contributed by atoms with E-state index < -0.39 is 16.5 Å². The predicted molar refractivity (Wildman–Crippen MR) is 56.0 cm³/mol. The molecular formula is C8H20O6S. The van der Waals surface area contributed by atoms with Gasteiger partial charge in [0.2, 0.25) is 0 Å². The molecule has 0 spiro atoms. The molecule has 0 heterocycles. The van der Waals surface area contributed by atoms with Gasteiger partial charge in [-0.3, -0.25) is 9.11 Å². The molecule has 4 N–H and O–H groups in total. The second kappa shape index (κ2) is 10.3. The highest BCUT2D eigenvalue weighted by Gasteiger charge is 1.99. The SMILES string of the molecule is CCCCCCC(O)CO.O=S(=O)(O)O. The Morgan fingerprint density at radius 3 is 1.93 bits per heavy atom. The molecule has 6 nitrogen and oxygen atoms in total. The Labute approximate surface area is 90.5 Å². The van der Waals surface area contributed by atoms with E-state index in [1.54, 1.807) is 0 Å². The minimum atomic E-state index is -4.67. The molecule has 15 heavy (non-hydrogen) atoms. The summed E-state index contributed by atoms with van der Waals surface area (Å²) in [6, 6.07) is 0. The van der Waals surface area contributed by atoms with Crippen LogP contribution in [0.4, 0.5) is 0 Å². The van der Waals surface area contributed by atoms with Crippen LogP contribution in [-0.4, -0.2) is 40.4 Å². The van der Waals surface area contributed by atoms with E-state index in [1.807, 2.05) is 0 Å². The lowest BCUT2D eigenvalue weighted by Gasteiger charge is -2.04. The van der Waals surface area contributed by atoms with Crippen molar-refractivity contribution in [3.8, 4) is 0 Å². The molecule has 0 aromatic rings.